The zero-order valence-electron chi connectivity index (χ0n) is 18.3. The van der Waals surface area contributed by atoms with Crippen molar-refractivity contribution in [3.8, 4) is 10.4 Å². The molecule has 1 aliphatic rings. The average Bonchev–Trinajstić information content (AvgIpc) is 3.48. The topological polar surface area (TPSA) is 64.2 Å². The van der Waals surface area contributed by atoms with E-state index in [-0.39, 0.29) is 6.10 Å². The Bertz CT molecular complexity index is 1410. The first-order chi connectivity index (χ1) is 16.2. The van der Waals surface area contributed by atoms with Crippen LogP contribution in [0.4, 0.5) is 11.4 Å². The van der Waals surface area contributed by atoms with Gasteiger partial charge < -0.3 is 15.4 Å². The van der Waals surface area contributed by atoms with E-state index in [4.69, 9.17) is 0 Å². The van der Waals surface area contributed by atoms with E-state index in [1.54, 1.807) is 11.3 Å². The van der Waals surface area contributed by atoms with Crippen LogP contribution >= 0.6 is 11.3 Å². The Morgan fingerprint density at radius 2 is 1.94 bits per heavy atom. The van der Waals surface area contributed by atoms with Crippen LogP contribution in [0.5, 0.6) is 0 Å². The molecule has 166 valence electrons. The standard InChI is InChI=1S/C27H26N4OS/c32-21-9-13-31(14-10-21)17-19-3-1-2-4-22(19)26-16-23-25(8-12-29-27(23)33-26)30-20-5-6-24-18(15-20)7-11-28-24/h1-8,11-12,15-16,21,28,32H,9-10,13-14,17H2,(H,29,30). The lowest BCUT2D eigenvalue weighted by atomic mass is 10.0. The quantitative estimate of drug-likeness (QED) is 0.298. The Morgan fingerprint density at radius 3 is 2.85 bits per heavy atom. The number of H-pyrrole nitrogens is 1. The fraction of sp³-hybridized carbons (Fsp3) is 0.222. The third kappa shape index (κ3) is 4.13. The van der Waals surface area contributed by atoms with Crippen molar-refractivity contribution in [1.82, 2.24) is 14.9 Å². The van der Waals surface area contributed by atoms with E-state index >= 15 is 0 Å². The number of likely N-dealkylation sites (tertiary alicyclic amines) is 1. The van der Waals surface area contributed by atoms with Gasteiger partial charge in [-0.2, -0.15) is 0 Å². The third-order valence-corrected chi connectivity index (χ3v) is 7.58. The number of nitrogens with zero attached hydrogens (tertiary/aromatic N) is 2. The Labute approximate surface area is 196 Å². The Balaban J connectivity index is 1.32. The van der Waals surface area contributed by atoms with Crippen molar-refractivity contribution < 1.29 is 5.11 Å². The van der Waals surface area contributed by atoms with Crippen molar-refractivity contribution in [3.63, 3.8) is 0 Å². The summed E-state index contributed by atoms with van der Waals surface area (Å²) in [6.07, 6.45) is 5.42. The molecule has 33 heavy (non-hydrogen) atoms. The number of rotatable bonds is 5. The number of aromatic amines is 1. The van der Waals surface area contributed by atoms with E-state index in [0.29, 0.717) is 0 Å². The van der Waals surface area contributed by atoms with E-state index in [2.05, 4.69) is 74.8 Å². The first-order valence-electron chi connectivity index (χ1n) is 11.4. The van der Waals surface area contributed by atoms with Crippen molar-refractivity contribution in [3.05, 3.63) is 78.6 Å². The number of benzene rings is 2. The number of pyridine rings is 1. The number of piperidine rings is 1. The van der Waals surface area contributed by atoms with Crippen molar-refractivity contribution in [1.29, 1.82) is 0 Å². The highest BCUT2D eigenvalue weighted by Gasteiger charge is 2.19. The highest BCUT2D eigenvalue weighted by atomic mass is 32.1. The molecule has 0 spiro atoms. The highest BCUT2D eigenvalue weighted by molar-refractivity contribution is 7.22. The first-order valence-corrected chi connectivity index (χ1v) is 12.3. The molecule has 1 saturated heterocycles. The molecule has 0 saturated carbocycles. The van der Waals surface area contributed by atoms with Gasteiger partial charge in [0.25, 0.3) is 0 Å². The van der Waals surface area contributed by atoms with Crippen molar-refractivity contribution in [2.24, 2.45) is 0 Å². The lowest BCUT2D eigenvalue weighted by molar-refractivity contribution is 0.0793. The lowest BCUT2D eigenvalue weighted by Crippen LogP contribution is -2.35. The number of aliphatic hydroxyl groups is 1. The van der Waals surface area contributed by atoms with Gasteiger partial charge in [0.15, 0.2) is 0 Å². The van der Waals surface area contributed by atoms with Crippen molar-refractivity contribution >= 4 is 43.8 Å². The van der Waals surface area contributed by atoms with Crippen molar-refractivity contribution in [2.75, 3.05) is 18.4 Å². The molecule has 0 bridgehead atoms. The second-order valence-electron chi connectivity index (χ2n) is 8.76. The summed E-state index contributed by atoms with van der Waals surface area (Å²) < 4.78 is 0. The summed E-state index contributed by atoms with van der Waals surface area (Å²) in [4.78, 5) is 12.6. The zero-order chi connectivity index (χ0) is 22.2. The van der Waals surface area contributed by atoms with Gasteiger partial charge in [0, 0.05) is 58.9 Å². The molecular weight excluding hydrogens is 428 g/mol. The molecule has 1 aliphatic heterocycles. The van der Waals surface area contributed by atoms with E-state index in [9.17, 15) is 5.11 Å². The molecule has 4 heterocycles. The molecule has 0 amide bonds. The average molecular weight is 455 g/mol. The van der Waals surface area contributed by atoms with Crippen LogP contribution in [-0.4, -0.2) is 39.2 Å². The Hall–Kier alpha value is -3.19. The molecule has 6 heteroatoms. The molecule has 0 unspecified atom stereocenters. The Kier molecular flexibility index (Phi) is 5.34. The molecule has 0 aliphatic carbocycles. The minimum Gasteiger partial charge on any atom is -0.393 e. The number of thiophene rings is 1. The second-order valence-corrected chi connectivity index (χ2v) is 9.79. The largest absolute Gasteiger partial charge is 0.393 e. The number of nitrogens with one attached hydrogen (secondary N) is 2. The number of hydrogen-bond acceptors (Lipinski definition) is 5. The summed E-state index contributed by atoms with van der Waals surface area (Å²) in [6, 6.07) is 21.4. The maximum Gasteiger partial charge on any atom is 0.125 e. The van der Waals surface area contributed by atoms with Crippen LogP contribution in [0.3, 0.4) is 0 Å². The maximum atomic E-state index is 9.84. The summed E-state index contributed by atoms with van der Waals surface area (Å²) in [7, 11) is 0. The fourth-order valence-electron chi connectivity index (χ4n) is 4.68. The van der Waals surface area contributed by atoms with Crippen LogP contribution in [0.25, 0.3) is 31.6 Å². The molecule has 5 nitrogen and oxygen atoms in total. The molecule has 3 N–H and O–H groups in total. The van der Waals surface area contributed by atoms with Crippen LogP contribution < -0.4 is 5.32 Å². The molecule has 3 aromatic heterocycles. The van der Waals surface area contributed by atoms with Gasteiger partial charge >= 0.3 is 0 Å². The molecule has 2 aromatic carbocycles. The van der Waals surface area contributed by atoms with Gasteiger partial charge in [0.1, 0.15) is 4.83 Å². The van der Waals surface area contributed by atoms with E-state index in [1.165, 1.54) is 21.4 Å². The molecule has 6 rings (SSSR count). The van der Waals surface area contributed by atoms with Crippen molar-refractivity contribution in [2.45, 2.75) is 25.5 Å². The minimum atomic E-state index is -0.144. The van der Waals surface area contributed by atoms with Gasteiger partial charge in [0.2, 0.25) is 0 Å². The number of aliphatic hydroxyl groups excluding tert-OH is 1. The van der Waals surface area contributed by atoms with Gasteiger partial charge in [-0.15, -0.1) is 11.3 Å². The second kappa shape index (κ2) is 8.63. The molecule has 5 aromatic rings. The van der Waals surface area contributed by atoms with Crippen LogP contribution in [0.2, 0.25) is 0 Å². The van der Waals surface area contributed by atoms with E-state index in [0.717, 1.165) is 59.6 Å². The Morgan fingerprint density at radius 1 is 1.06 bits per heavy atom. The first kappa shape index (κ1) is 20.4. The monoisotopic (exact) mass is 454 g/mol. The van der Waals surface area contributed by atoms with Gasteiger partial charge in [-0.3, -0.25) is 4.90 Å². The van der Waals surface area contributed by atoms with Gasteiger partial charge in [0.05, 0.1) is 11.8 Å². The zero-order valence-corrected chi connectivity index (χ0v) is 19.1. The van der Waals surface area contributed by atoms with E-state index < -0.39 is 0 Å². The summed E-state index contributed by atoms with van der Waals surface area (Å²) in [5.41, 5.74) is 5.87. The summed E-state index contributed by atoms with van der Waals surface area (Å²) in [6.45, 7) is 2.80. The molecule has 0 atom stereocenters. The fourth-order valence-corrected chi connectivity index (χ4v) is 5.77. The van der Waals surface area contributed by atoms with Crippen LogP contribution in [0.1, 0.15) is 18.4 Å². The lowest BCUT2D eigenvalue weighted by Gasteiger charge is -2.30. The van der Waals surface area contributed by atoms with Crippen LogP contribution in [-0.2, 0) is 6.54 Å². The molecule has 1 fully saturated rings. The molecular formula is C27H26N4OS. The highest BCUT2D eigenvalue weighted by Crippen LogP contribution is 2.38. The smallest absolute Gasteiger partial charge is 0.125 e. The number of aromatic nitrogens is 2. The third-order valence-electron chi connectivity index (χ3n) is 6.50. The minimum absolute atomic E-state index is 0.144. The van der Waals surface area contributed by atoms with Crippen LogP contribution in [0.15, 0.2) is 73.1 Å². The SMILES string of the molecule is OC1CCN(Cc2ccccc2-c2cc3c(Nc4ccc5[nH]ccc5c4)ccnc3s2)CC1. The maximum absolute atomic E-state index is 9.84. The summed E-state index contributed by atoms with van der Waals surface area (Å²) >= 11 is 1.74. The van der Waals surface area contributed by atoms with Gasteiger partial charge in [-0.05, 0) is 60.4 Å². The summed E-state index contributed by atoms with van der Waals surface area (Å²) in [5, 5.41) is 15.8. The van der Waals surface area contributed by atoms with E-state index in [1.807, 2.05) is 18.5 Å². The van der Waals surface area contributed by atoms with Gasteiger partial charge in [-0.25, -0.2) is 4.98 Å². The van der Waals surface area contributed by atoms with Gasteiger partial charge in [-0.1, -0.05) is 24.3 Å². The normalized spacial score (nSPS) is 15.4. The number of fused-ring (bicyclic) bond motifs is 2. The van der Waals surface area contributed by atoms with Crippen LogP contribution in [0, 0.1) is 0 Å². The predicted octanol–water partition coefficient (Wildman–Crippen LogP) is 6.14. The number of hydrogen-bond donors (Lipinski definition) is 3. The summed E-state index contributed by atoms with van der Waals surface area (Å²) in [5.74, 6) is 0. The molecule has 0 radical (unpaired) electrons. The number of anilines is 2. The predicted molar refractivity (Wildman–Crippen MR) is 137 cm³/mol.